The topological polar surface area (TPSA) is 66.5 Å². The van der Waals surface area contributed by atoms with E-state index in [1.165, 1.54) is 4.90 Å². The summed E-state index contributed by atoms with van der Waals surface area (Å²) in [6.07, 6.45) is 0. The van der Waals surface area contributed by atoms with Crippen LogP contribution in [0, 0.1) is 6.92 Å². The summed E-state index contributed by atoms with van der Waals surface area (Å²) in [5, 5.41) is 2.25. The number of imide groups is 1. The van der Waals surface area contributed by atoms with Crippen LogP contribution in [0.25, 0.3) is 0 Å². The molecule has 0 spiro atoms. The SMILES string of the molecule is Cc1cccc(C(=O)N2CC(=O)NC(=O)C2(C)C)c1. The maximum atomic E-state index is 12.5. The highest BCUT2D eigenvalue weighted by atomic mass is 16.2. The Morgan fingerprint density at radius 2 is 2.00 bits per heavy atom. The van der Waals surface area contributed by atoms with Gasteiger partial charge in [0.2, 0.25) is 5.91 Å². The number of hydrogen-bond donors (Lipinski definition) is 1. The fourth-order valence-electron chi connectivity index (χ4n) is 2.04. The van der Waals surface area contributed by atoms with Crippen molar-refractivity contribution in [1.29, 1.82) is 0 Å². The summed E-state index contributed by atoms with van der Waals surface area (Å²) >= 11 is 0. The van der Waals surface area contributed by atoms with E-state index in [4.69, 9.17) is 0 Å². The molecule has 0 aliphatic carbocycles. The average molecular weight is 260 g/mol. The van der Waals surface area contributed by atoms with E-state index in [1.54, 1.807) is 32.0 Å². The highest BCUT2D eigenvalue weighted by molar-refractivity contribution is 6.08. The Kier molecular flexibility index (Phi) is 3.14. The molecule has 1 aliphatic rings. The van der Waals surface area contributed by atoms with E-state index in [0.29, 0.717) is 5.56 Å². The van der Waals surface area contributed by atoms with Gasteiger partial charge in [-0.15, -0.1) is 0 Å². The van der Waals surface area contributed by atoms with Crippen LogP contribution >= 0.6 is 0 Å². The van der Waals surface area contributed by atoms with Gasteiger partial charge in [0, 0.05) is 5.56 Å². The van der Waals surface area contributed by atoms with E-state index in [0.717, 1.165) is 5.56 Å². The van der Waals surface area contributed by atoms with Crippen molar-refractivity contribution in [3.63, 3.8) is 0 Å². The fourth-order valence-corrected chi connectivity index (χ4v) is 2.04. The molecule has 1 fully saturated rings. The second-order valence-corrected chi connectivity index (χ2v) is 5.20. The molecule has 0 unspecified atom stereocenters. The molecule has 19 heavy (non-hydrogen) atoms. The lowest BCUT2D eigenvalue weighted by molar-refractivity contribution is -0.143. The van der Waals surface area contributed by atoms with E-state index < -0.39 is 17.4 Å². The van der Waals surface area contributed by atoms with Gasteiger partial charge in [0.25, 0.3) is 11.8 Å². The molecule has 1 aromatic carbocycles. The monoisotopic (exact) mass is 260 g/mol. The largest absolute Gasteiger partial charge is 0.315 e. The first-order chi connectivity index (χ1) is 8.82. The molecule has 1 heterocycles. The van der Waals surface area contributed by atoms with Crippen LogP contribution < -0.4 is 5.32 Å². The van der Waals surface area contributed by atoms with Crippen LogP contribution in [-0.2, 0) is 9.59 Å². The highest BCUT2D eigenvalue weighted by Gasteiger charge is 2.43. The maximum Gasteiger partial charge on any atom is 0.255 e. The van der Waals surface area contributed by atoms with Crippen molar-refractivity contribution in [1.82, 2.24) is 10.2 Å². The van der Waals surface area contributed by atoms with Crippen LogP contribution in [0.3, 0.4) is 0 Å². The van der Waals surface area contributed by atoms with E-state index in [1.807, 2.05) is 13.0 Å². The second kappa shape index (κ2) is 4.50. The lowest BCUT2D eigenvalue weighted by Gasteiger charge is -2.40. The van der Waals surface area contributed by atoms with Gasteiger partial charge in [0.05, 0.1) is 0 Å². The van der Waals surface area contributed by atoms with E-state index in [9.17, 15) is 14.4 Å². The number of aryl methyl sites for hydroxylation is 1. The minimum absolute atomic E-state index is 0.106. The smallest absolute Gasteiger partial charge is 0.255 e. The summed E-state index contributed by atoms with van der Waals surface area (Å²) in [5.41, 5.74) is 0.404. The third kappa shape index (κ3) is 2.36. The molecule has 100 valence electrons. The van der Waals surface area contributed by atoms with E-state index >= 15 is 0 Å². The van der Waals surface area contributed by atoms with E-state index in [-0.39, 0.29) is 12.5 Å². The molecule has 3 amide bonds. The number of hydrogen-bond acceptors (Lipinski definition) is 3. The van der Waals surface area contributed by atoms with Crippen LogP contribution in [0.4, 0.5) is 0 Å². The molecular weight excluding hydrogens is 244 g/mol. The van der Waals surface area contributed by atoms with Crippen molar-refractivity contribution < 1.29 is 14.4 Å². The lowest BCUT2D eigenvalue weighted by atomic mass is 9.97. The van der Waals surface area contributed by atoms with Gasteiger partial charge in [0.1, 0.15) is 12.1 Å². The molecule has 5 heteroatoms. The number of amides is 3. The Morgan fingerprint density at radius 1 is 1.32 bits per heavy atom. The van der Waals surface area contributed by atoms with Crippen molar-refractivity contribution in [2.45, 2.75) is 26.3 Å². The van der Waals surface area contributed by atoms with Crippen LogP contribution in [0.2, 0.25) is 0 Å². The van der Waals surface area contributed by atoms with Gasteiger partial charge in [-0.3, -0.25) is 19.7 Å². The van der Waals surface area contributed by atoms with Gasteiger partial charge in [-0.2, -0.15) is 0 Å². The Labute approximate surface area is 111 Å². The molecular formula is C14H16N2O3. The maximum absolute atomic E-state index is 12.5. The molecule has 1 aromatic rings. The number of benzene rings is 1. The van der Waals surface area contributed by atoms with Crippen molar-refractivity contribution in [2.24, 2.45) is 0 Å². The molecule has 0 radical (unpaired) electrons. The Morgan fingerprint density at radius 3 is 2.63 bits per heavy atom. The molecule has 0 bridgehead atoms. The molecule has 2 rings (SSSR count). The third-order valence-electron chi connectivity index (χ3n) is 3.30. The predicted molar refractivity (Wildman–Crippen MR) is 69.4 cm³/mol. The van der Waals surface area contributed by atoms with Gasteiger partial charge in [0.15, 0.2) is 0 Å². The van der Waals surface area contributed by atoms with Crippen molar-refractivity contribution in [3.8, 4) is 0 Å². The lowest BCUT2D eigenvalue weighted by Crippen LogP contribution is -2.65. The third-order valence-corrected chi connectivity index (χ3v) is 3.30. The minimum atomic E-state index is -1.03. The van der Waals surface area contributed by atoms with Crippen LogP contribution in [0.1, 0.15) is 29.8 Å². The van der Waals surface area contributed by atoms with Crippen molar-refractivity contribution >= 4 is 17.7 Å². The van der Waals surface area contributed by atoms with Gasteiger partial charge in [-0.1, -0.05) is 17.7 Å². The first-order valence-corrected chi connectivity index (χ1v) is 6.05. The highest BCUT2D eigenvalue weighted by Crippen LogP contribution is 2.21. The normalized spacial score (nSPS) is 18.2. The zero-order chi connectivity index (χ0) is 14.2. The Bertz CT molecular complexity index is 564. The van der Waals surface area contributed by atoms with Crippen LogP contribution in [0.5, 0.6) is 0 Å². The van der Waals surface area contributed by atoms with Gasteiger partial charge in [-0.25, -0.2) is 0 Å². The molecule has 0 aromatic heterocycles. The summed E-state index contributed by atoms with van der Waals surface area (Å²) in [5.74, 6) is -1.22. The summed E-state index contributed by atoms with van der Waals surface area (Å²) in [6, 6.07) is 7.09. The fraction of sp³-hybridized carbons (Fsp3) is 0.357. The first-order valence-electron chi connectivity index (χ1n) is 6.05. The first kappa shape index (κ1) is 13.3. The Hall–Kier alpha value is -2.17. The standard InChI is InChI=1S/C14H16N2O3/c1-9-5-4-6-10(7-9)12(18)16-8-11(17)15-13(19)14(16,2)3/h4-7H,8H2,1-3H3,(H,15,17,19). The number of carbonyl (C=O) groups excluding carboxylic acids is 3. The van der Waals surface area contributed by atoms with E-state index in [2.05, 4.69) is 5.32 Å². The molecule has 1 N–H and O–H groups in total. The zero-order valence-corrected chi connectivity index (χ0v) is 11.2. The van der Waals surface area contributed by atoms with Gasteiger partial charge in [-0.05, 0) is 32.9 Å². The molecule has 5 nitrogen and oxygen atoms in total. The Balaban J connectivity index is 2.36. The zero-order valence-electron chi connectivity index (χ0n) is 11.2. The number of nitrogens with one attached hydrogen (secondary N) is 1. The van der Waals surface area contributed by atoms with Crippen molar-refractivity contribution in [2.75, 3.05) is 6.54 Å². The van der Waals surface area contributed by atoms with Crippen LogP contribution in [-0.4, -0.2) is 34.7 Å². The number of piperazine rings is 1. The molecule has 1 saturated heterocycles. The van der Waals surface area contributed by atoms with Gasteiger partial charge < -0.3 is 4.90 Å². The van der Waals surface area contributed by atoms with Crippen LogP contribution in [0.15, 0.2) is 24.3 Å². The summed E-state index contributed by atoms with van der Waals surface area (Å²) in [6.45, 7) is 5.03. The molecule has 0 atom stereocenters. The number of rotatable bonds is 1. The molecule has 0 saturated carbocycles. The number of nitrogens with zero attached hydrogens (tertiary/aromatic N) is 1. The predicted octanol–water partition coefficient (Wildman–Crippen LogP) is 0.872. The molecule has 1 aliphatic heterocycles. The summed E-state index contributed by atoms with van der Waals surface area (Å²) in [4.78, 5) is 37.0. The summed E-state index contributed by atoms with van der Waals surface area (Å²) < 4.78 is 0. The van der Waals surface area contributed by atoms with Crippen molar-refractivity contribution in [3.05, 3.63) is 35.4 Å². The quantitative estimate of drug-likeness (QED) is 0.762. The average Bonchev–Trinajstić information content (AvgIpc) is 2.33. The summed E-state index contributed by atoms with van der Waals surface area (Å²) in [7, 11) is 0. The number of carbonyl (C=O) groups is 3. The minimum Gasteiger partial charge on any atom is -0.315 e. The second-order valence-electron chi connectivity index (χ2n) is 5.20. The van der Waals surface area contributed by atoms with Gasteiger partial charge >= 0.3 is 0 Å².